The molecule has 0 saturated carbocycles. The molecule has 1 saturated heterocycles. The van der Waals surface area contributed by atoms with Crippen LogP contribution < -0.4 is 0 Å². The van der Waals surface area contributed by atoms with Gasteiger partial charge in [0.2, 0.25) is 0 Å². The Kier molecular flexibility index (Phi) is 4.78. The monoisotopic (exact) mass is 329 g/mol. The number of likely N-dealkylation sites (tertiary alicyclic amines) is 1. The summed E-state index contributed by atoms with van der Waals surface area (Å²) in [5.74, 6) is 0.543. The molecule has 0 spiro atoms. The number of hydrogen-bond acceptors (Lipinski definition) is 3. The molecule has 1 aliphatic rings. The standard InChI is InChI=1S/C19H27N3O2/c1-19(2,3)24-18(23)22-10-4-6-14(7-5-11-22)16-12-21-17-13-20-9-8-15(16)17/h8-9,12-14,21H,4-7,10-11H2,1-3H3. The van der Waals surface area contributed by atoms with E-state index in [-0.39, 0.29) is 6.09 Å². The van der Waals surface area contributed by atoms with Gasteiger partial charge in [0.05, 0.1) is 11.7 Å². The summed E-state index contributed by atoms with van der Waals surface area (Å²) in [5.41, 5.74) is 2.06. The molecule has 2 aromatic rings. The number of hydrogen-bond donors (Lipinski definition) is 1. The average molecular weight is 329 g/mol. The fourth-order valence-electron chi connectivity index (χ4n) is 3.47. The zero-order valence-electron chi connectivity index (χ0n) is 14.8. The van der Waals surface area contributed by atoms with Crippen molar-refractivity contribution in [3.05, 3.63) is 30.2 Å². The van der Waals surface area contributed by atoms with Crippen molar-refractivity contribution >= 4 is 17.0 Å². The maximum absolute atomic E-state index is 12.3. The van der Waals surface area contributed by atoms with Crippen molar-refractivity contribution in [2.45, 2.75) is 58.0 Å². The van der Waals surface area contributed by atoms with Crippen LogP contribution in [0.25, 0.3) is 10.9 Å². The number of aromatic amines is 1. The van der Waals surface area contributed by atoms with Crippen LogP contribution in [0.15, 0.2) is 24.7 Å². The van der Waals surface area contributed by atoms with Gasteiger partial charge in [0, 0.05) is 30.9 Å². The van der Waals surface area contributed by atoms with Crippen LogP contribution >= 0.6 is 0 Å². The van der Waals surface area contributed by atoms with Crippen LogP contribution in [0.1, 0.15) is 57.9 Å². The van der Waals surface area contributed by atoms with E-state index in [4.69, 9.17) is 4.74 Å². The van der Waals surface area contributed by atoms with Crippen LogP contribution in [-0.4, -0.2) is 39.7 Å². The maximum Gasteiger partial charge on any atom is 0.410 e. The quantitative estimate of drug-likeness (QED) is 0.840. The number of nitrogens with zero attached hydrogens (tertiary/aromatic N) is 2. The van der Waals surface area contributed by atoms with Gasteiger partial charge in [0.15, 0.2) is 0 Å². The molecular formula is C19H27N3O2. The average Bonchev–Trinajstić information content (AvgIpc) is 2.89. The first kappa shape index (κ1) is 16.8. The van der Waals surface area contributed by atoms with Gasteiger partial charge < -0.3 is 14.6 Å². The molecule has 1 fully saturated rings. The van der Waals surface area contributed by atoms with Crippen LogP contribution in [0.4, 0.5) is 4.79 Å². The summed E-state index contributed by atoms with van der Waals surface area (Å²) in [6, 6.07) is 2.09. The van der Waals surface area contributed by atoms with Gasteiger partial charge in [-0.2, -0.15) is 0 Å². The molecule has 1 aliphatic heterocycles. The largest absolute Gasteiger partial charge is 0.444 e. The molecule has 0 atom stereocenters. The summed E-state index contributed by atoms with van der Waals surface area (Å²) < 4.78 is 5.51. The van der Waals surface area contributed by atoms with Crippen LogP contribution in [0, 0.1) is 0 Å². The molecule has 0 aliphatic carbocycles. The Morgan fingerprint density at radius 1 is 1.29 bits per heavy atom. The minimum atomic E-state index is -0.430. The van der Waals surface area contributed by atoms with Crippen molar-refractivity contribution < 1.29 is 9.53 Å². The minimum Gasteiger partial charge on any atom is -0.444 e. The summed E-state index contributed by atoms with van der Waals surface area (Å²) in [6.07, 6.45) is 9.87. The van der Waals surface area contributed by atoms with Crippen molar-refractivity contribution in [2.24, 2.45) is 0 Å². The number of H-pyrrole nitrogens is 1. The van der Waals surface area contributed by atoms with Crippen molar-refractivity contribution in [2.75, 3.05) is 13.1 Å². The molecule has 5 heteroatoms. The maximum atomic E-state index is 12.3. The molecular weight excluding hydrogens is 302 g/mol. The van der Waals surface area contributed by atoms with Gasteiger partial charge >= 0.3 is 6.09 Å². The summed E-state index contributed by atoms with van der Waals surface area (Å²) in [5, 5.41) is 1.28. The predicted octanol–water partition coefficient (Wildman–Crippen LogP) is 4.46. The number of ether oxygens (including phenoxy) is 1. The highest BCUT2D eigenvalue weighted by Crippen LogP contribution is 2.33. The van der Waals surface area contributed by atoms with Crippen LogP contribution in [-0.2, 0) is 4.74 Å². The van der Waals surface area contributed by atoms with Gasteiger partial charge in [-0.25, -0.2) is 4.79 Å². The highest BCUT2D eigenvalue weighted by Gasteiger charge is 2.25. The summed E-state index contributed by atoms with van der Waals surface area (Å²) in [6.45, 7) is 7.29. The van der Waals surface area contributed by atoms with Crippen LogP contribution in [0.3, 0.4) is 0 Å². The molecule has 130 valence electrons. The predicted molar refractivity (Wildman–Crippen MR) is 95.1 cm³/mol. The first-order valence-electron chi connectivity index (χ1n) is 8.83. The molecule has 0 radical (unpaired) electrons. The Bertz CT molecular complexity index is 692. The lowest BCUT2D eigenvalue weighted by Crippen LogP contribution is -2.38. The number of nitrogens with one attached hydrogen (secondary N) is 1. The Hall–Kier alpha value is -2.04. The highest BCUT2D eigenvalue weighted by atomic mass is 16.6. The number of amides is 1. The first-order valence-corrected chi connectivity index (χ1v) is 8.83. The Balaban J connectivity index is 1.64. The summed E-state index contributed by atoms with van der Waals surface area (Å²) in [4.78, 5) is 21.6. The molecule has 1 N–H and O–H groups in total. The minimum absolute atomic E-state index is 0.181. The smallest absolute Gasteiger partial charge is 0.410 e. The lowest BCUT2D eigenvalue weighted by Gasteiger charge is -2.30. The second kappa shape index (κ2) is 6.83. The van der Waals surface area contributed by atoms with E-state index in [0.717, 1.165) is 44.3 Å². The summed E-state index contributed by atoms with van der Waals surface area (Å²) in [7, 11) is 0. The van der Waals surface area contributed by atoms with Gasteiger partial charge in [-0.1, -0.05) is 0 Å². The lowest BCUT2D eigenvalue weighted by atomic mass is 9.88. The van der Waals surface area contributed by atoms with Gasteiger partial charge in [-0.05, 0) is 64.0 Å². The van der Waals surface area contributed by atoms with Gasteiger partial charge in [0.25, 0.3) is 0 Å². The number of carbonyl (C=O) groups excluding carboxylic acids is 1. The topological polar surface area (TPSA) is 58.2 Å². The van der Waals surface area contributed by atoms with Crippen LogP contribution in [0.5, 0.6) is 0 Å². The molecule has 24 heavy (non-hydrogen) atoms. The lowest BCUT2D eigenvalue weighted by molar-refractivity contribution is 0.0233. The fourth-order valence-corrected chi connectivity index (χ4v) is 3.47. The van der Waals surface area contributed by atoms with Crippen molar-refractivity contribution in [3.63, 3.8) is 0 Å². The number of fused-ring (bicyclic) bond motifs is 1. The molecule has 0 aromatic carbocycles. The number of pyridine rings is 1. The van der Waals surface area contributed by atoms with E-state index in [9.17, 15) is 4.79 Å². The van der Waals surface area contributed by atoms with E-state index in [1.165, 1.54) is 10.9 Å². The fraction of sp³-hybridized carbons (Fsp3) is 0.579. The van der Waals surface area contributed by atoms with Gasteiger partial charge in [-0.15, -0.1) is 0 Å². The zero-order chi connectivity index (χ0) is 17.2. The normalized spacial score (nSPS) is 17.5. The van der Waals surface area contributed by atoms with Crippen LogP contribution in [0.2, 0.25) is 0 Å². The Morgan fingerprint density at radius 2 is 2.00 bits per heavy atom. The number of aromatic nitrogens is 2. The number of rotatable bonds is 1. The zero-order valence-corrected chi connectivity index (χ0v) is 14.8. The third-order valence-electron chi connectivity index (χ3n) is 4.57. The van der Waals surface area contributed by atoms with Crippen molar-refractivity contribution in [1.29, 1.82) is 0 Å². The molecule has 3 heterocycles. The molecule has 0 unspecified atom stereocenters. The molecule has 0 bridgehead atoms. The third kappa shape index (κ3) is 3.89. The van der Waals surface area contributed by atoms with E-state index < -0.39 is 5.60 Å². The highest BCUT2D eigenvalue weighted by molar-refractivity contribution is 5.82. The number of carbonyl (C=O) groups is 1. The molecule has 3 rings (SSSR count). The van der Waals surface area contributed by atoms with Crippen molar-refractivity contribution in [1.82, 2.24) is 14.9 Å². The van der Waals surface area contributed by atoms with E-state index in [0.29, 0.717) is 5.92 Å². The Labute approximate surface area is 143 Å². The first-order chi connectivity index (χ1) is 11.4. The van der Waals surface area contributed by atoms with E-state index in [2.05, 4.69) is 22.2 Å². The molecule has 1 amide bonds. The second-order valence-corrected chi connectivity index (χ2v) is 7.61. The SMILES string of the molecule is CC(C)(C)OC(=O)N1CCCC(c2c[nH]c3cnccc23)CCC1. The molecule has 2 aromatic heterocycles. The molecule has 5 nitrogen and oxygen atoms in total. The summed E-state index contributed by atoms with van der Waals surface area (Å²) >= 11 is 0. The van der Waals surface area contributed by atoms with Gasteiger partial charge in [0.1, 0.15) is 5.60 Å². The van der Waals surface area contributed by atoms with E-state index >= 15 is 0 Å². The Morgan fingerprint density at radius 3 is 2.67 bits per heavy atom. The van der Waals surface area contributed by atoms with Crippen molar-refractivity contribution in [3.8, 4) is 0 Å². The third-order valence-corrected chi connectivity index (χ3v) is 4.57. The second-order valence-electron chi connectivity index (χ2n) is 7.61. The van der Waals surface area contributed by atoms with E-state index in [1.54, 1.807) is 0 Å². The van der Waals surface area contributed by atoms with Gasteiger partial charge in [-0.3, -0.25) is 4.98 Å². The van der Waals surface area contributed by atoms with E-state index in [1.807, 2.05) is 38.1 Å².